The molecule has 4 atom stereocenters. The van der Waals surface area contributed by atoms with E-state index in [-0.39, 0.29) is 15.7 Å². The van der Waals surface area contributed by atoms with Crippen molar-refractivity contribution in [3.05, 3.63) is 0 Å². The number of halogens is 3. The molecule has 0 saturated carbocycles. The third-order valence-corrected chi connectivity index (χ3v) is 5.03. The Balaban J connectivity index is 2.49. The summed E-state index contributed by atoms with van der Waals surface area (Å²) in [5.74, 6) is -0.839. The zero-order valence-electron chi connectivity index (χ0n) is 10.9. The number of β-lactam (4-membered cyclic amide) rings is 1. The van der Waals surface area contributed by atoms with Crippen molar-refractivity contribution in [1.29, 1.82) is 0 Å². The maximum absolute atomic E-state index is 11.6. The van der Waals surface area contributed by atoms with E-state index in [4.69, 9.17) is 56.5 Å². The summed E-state index contributed by atoms with van der Waals surface area (Å²) in [6.45, 7) is 1.55. The average molecular weight is 397 g/mol. The molecule has 1 amide bonds. The van der Waals surface area contributed by atoms with Crippen LogP contribution in [0.25, 0.3) is 0 Å². The number of rotatable bonds is 5. The van der Waals surface area contributed by atoms with Gasteiger partial charge in [-0.2, -0.15) is 0 Å². The van der Waals surface area contributed by atoms with Gasteiger partial charge in [0, 0.05) is 0 Å². The lowest BCUT2D eigenvalue weighted by Gasteiger charge is -2.38. The van der Waals surface area contributed by atoms with Gasteiger partial charge in [0.15, 0.2) is 4.84 Å². The lowest BCUT2D eigenvalue weighted by molar-refractivity contribution is -0.137. The monoisotopic (exact) mass is 395 g/mol. The zero-order chi connectivity index (χ0) is 16.2. The van der Waals surface area contributed by atoms with Crippen molar-refractivity contribution >= 4 is 75.2 Å². The standard InChI is InChI=1S/C10H12Cl3NO5S2/c1-3(18-9(16)19-6(13)5(11)12)4-7(15)14-8(4)21-10(20)17-2/h3-6,8H,1-2H3,(H,14,15)/t3?,4-,6?,8+/m0/s1. The highest BCUT2D eigenvalue weighted by Gasteiger charge is 2.46. The highest BCUT2D eigenvalue weighted by Crippen LogP contribution is 2.31. The molecular formula is C10H12Cl3NO5S2. The van der Waals surface area contributed by atoms with Gasteiger partial charge in [0.25, 0.3) is 0 Å². The van der Waals surface area contributed by atoms with Gasteiger partial charge in [-0.05, 0) is 19.1 Å². The Bertz CT molecular complexity index is 425. The molecule has 1 heterocycles. The summed E-state index contributed by atoms with van der Waals surface area (Å²) in [6.07, 6.45) is -1.80. The molecule has 11 heteroatoms. The fraction of sp³-hybridized carbons (Fsp3) is 0.700. The van der Waals surface area contributed by atoms with E-state index < -0.39 is 28.6 Å². The van der Waals surface area contributed by atoms with Gasteiger partial charge in [0.1, 0.15) is 12.0 Å². The van der Waals surface area contributed by atoms with Crippen LogP contribution in [-0.4, -0.2) is 45.4 Å². The molecule has 2 unspecified atom stereocenters. The Labute approximate surface area is 146 Å². The van der Waals surface area contributed by atoms with Gasteiger partial charge in [-0.1, -0.05) is 46.6 Å². The smallest absolute Gasteiger partial charge is 0.482 e. The molecule has 120 valence electrons. The van der Waals surface area contributed by atoms with E-state index in [1.54, 1.807) is 6.92 Å². The molecule has 0 aromatic rings. The Kier molecular flexibility index (Phi) is 7.63. The number of ether oxygens (including phenoxy) is 3. The molecule has 0 aromatic carbocycles. The van der Waals surface area contributed by atoms with Crippen LogP contribution >= 0.6 is 58.8 Å². The van der Waals surface area contributed by atoms with Crippen LogP contribution in [0.3, 0.4) is 0 Å². The molecule has 0 radical (unpaired) electrons. The average Bonchev–Trinajstić information content (AvgIpc) is 2.36. The summed E-state index contributed by atoms with van der Waals surface area (Å²) in [5, 5.41) is 2.29. The Morgan fingerprint density at radius 1 is 1.38 bits per heavy atom. The molecule has 1 fully saturated rings. The Morgan fingerprint density at radius 2 is 2.00 bits per heavy atom. The highest BCUT2D eigenvalue weighted by molar-refractivity contribution is 8.23. The summed E-state index contributed by atoms with van der Waals surface area (Å²) in [6, 6.07) is 0. The summed E-state index contributed by atoms with van der Waals surface area (Å²) in [4.78, 5) is 21.9. The quantitative estimate of drug-likeness (QED) is 0.331. The van der Waals surface area contributed by atoms with Crippen LogP contribution in [-0.2, 0) is 19.0 Å². The van der Waals surface area contributed by atoms with Gasteiger partial charge in [-0.3, -0.25) is 4.79 Å². The van der Waals surface area contributed by atoms with E-state index >= 15 is 0 Å². The second-order valence-corrected chi connectivity index (χ2v) is 7.24. The van der Waals surface area contributed by atoms with Crippen LogP contribution in [0.5, 0.6) is 0 Å². The predicted molar refractivity (Wildman–Crippen MR) is 84.8 cm³/mol. The number of hydrogen-bond acceptors (Lipinski definition) is 7. The second-order valence-electron chi connectivity index (χ2n) is 3.90. The van der Waals surface area contributed by atoms with E-state index in [0.29, 0.717) is 0 Å². The van der Waals surface area contributed by atoms with Gasteiger partial charge < -0.3 is 19.5 Å². The molecule has 1 saturated heterocycles. The van der Waals surface area contributed by atoms with E-state index in [1.165, 1.54) is 7.11 Å². The van der Waals surface area contributed by atoms with Crippen LogP contribution < -0.4 is 5.32 Å². The minimum Gasteiger partial charge on any atom is -0.482 e. The molecule has 0 spiro atoms. The van der Waals surface area contributed by atoms with Crippen molar-refractivity contribution in [3.63, 3.8) is 0 Å². The normalized spacial score (nSPS) is 23.6. The summed E-state index contributed by atoms with van der Waals surface area (Å²) in [5.41, 5.74) is -1.24. The van der Waals surface area contributed by atoms with Gasteiger partial charge in [0.2, 0.25) is 15.9 Å². The fourth-order valence-electron chi connectivity index (χ4n) is 1.48. The van der Waals surface area contributed by atoms with Crippen molar-refractivity contribution in [2.24, 2.45) is 5.92 Å². The maximum atomic E-state index is 11.6. The molecule has 0 aliphatic carbocycles. The lowest BCUT2D eigenvalue weighted by Crippen LogP contribution is -2.61. The molecule has 1 aliphatic heterocycles. The molecule has 0 aromatic heterocycles. The minimum atomic E-state index is -1.24. The molecule has 1 aliphatic rings. The molecular weight excluding hydrogens is 385 g/mol. The van der Waals surface area contributed by atoms with Crippen molar-refractivity contribution in [2.45, 2.75) is 28.8 Å². The zero-order valence-corrected chi connectivity index (χ0v) is 14.8. The van der Waals surface area contributed by atoms with Crippen molar-refractivity contribution in [1.82, 2.24) is 5.32 Å². The molecule has 6 nitrogen and oxygen atoms in total. The van der Waals surface area contributed by atoms with E-state index in [2.05, 4.69) is 10.1 Å². The number of thiocarbonyl (C=S) groups is 1. The summed E-state index contributed by atoms with van der Waals surface area (Å²) < 4.78 is 14.7. The van der Waals surface area contributed by atoms with Crippen molar-refractivity contribution < 1.29 is 23.8 Å². The molecule has 0 bridgehead atoms. The lowest BCUT2D eigenvalue weighted by atomic mass is 9.96. The van der Waals surface area contributed by atoms with Crippen molar-refractivity contribution in [2.75, 3.05) is 7.11 Å². The molecule has 21 heavy (non-hydrogen) atoms. The second kappa shape index (κ2) is 8.47. The maximum Gasteiger partial charge on any atom is 0.510 e. The van der Waals surface area contributed by atoms with Crippen LogP contribution in [0.15, 0.2) is 0 Å². The number of alkyl halides is 3. The number of carbonyl (C=O) groups excluding carboxylic acids is 2. The van der Waals surface area contributed by atoms with E-state index in [0.717, 1.165) is 11.8 Å². The number of carbonyl (C=O) groups is 2. The number of hydrogen-bond donors (Lipinski definition) is 1. The first-order valence-corrected chi connectivity index (χ1v) is 8.20. The first-order valence-electron chi connectivity index (χ1n) is 5.60. The minimum absolute atomic E-state index is 0.262. The predicted octanol–water partition coefficient (Wildman–Crippen LogP) is 2.63. The third kappa shape index (κ3) is 5.52. The van der Waals surface area contributed by atoms with Gasteiger partial charge in [-0.15, -0.1) is 0 Å². The van der Waals surface area contributed by atoms with Crippen LogP contribution in [0, 0.1) is 5.92 Å². The number of methoxy groups -OCH3 is 1. The van der Waals surface area contributed by atoms with Crippen LogP contribution in [0.1, 0.15) is 6.92 Å². The summed E-state index contributed by atoms with van der Waals surface area (Å²) in [7, 11) is 1.43. The van der Waals surface area contributed by atoms with Gasteiger partial charge >= 0.3 is 6.16 Å². The van der Waals surface area contributed by atoms with Crippen LogP contribution in [0.2, 0.25) is 0 Å². The van der Waals surface area contributed by atoms with Gasteiger partial charge in [0.05, 0.1) is 12.5 Å². The number of thioether (sulfide) groups is 1. The largest absolute Gasteiger partial charge is 0.510 e. The number of nitrogens with one attached hydrogen (secondary N) is 1. The van der Waals surface area contributed by atoms with Crippen LogP contribution in [0.4, 0.5) is 4.79 Å². The highest BCUT2D eigenvalue weighted by atomic mass is 35.5. The SMILES string of the molecule is COC(=S)S[C@H]1NC(=O)[C@@H]1C(C)OC(=O)OC(Cl)C(Cl)Cl. The van der Waals surface area contributed by atoms with E-state index in [9.17, 15) is 9.59 Å². The first kappa shape index (κ1) is 18.9. The van der Waals surface area contributed by atoms with Crippen molar-refractivity contribution in [3.8, 4) is 0 Å². The fourth-order valence-corrected chi connectivity index (χ4v) is 2.93. The Hall–Kier alpha value is -0.150. The van der Waals surface area contributed by atoms with Gasteiger partial charge in [-0.25, -0.2) is 4.79 Å². The summed E-state index contributed by atoms with van der Waals surface area (Å²) >= 11 is 22.5. The number of amides is 1. The Morgan fingerprint density at radius 3 is 2.48 bits per heavy atom. The third-order valence-electron chi connectivity index (χ3n) is 2.50. The molecule has 1 rings (SSSR count). The van der Waals surface area contributed by atoms with E-state index in [1.807, 2.05) is 0 Å². The molecule has 1 N–H and O–H groups in total. The first-order chi connectivity index (χ1) is 9.76. The topological polar surface area (TPSA) is 73.9 Å².